The molecule has 1 aliphatic carbocycles. The molecule has 0 spiro atoms. The van der Waals surface area contributed by atoms with Gasteiger partial charge in [-0.3, -0.25) is 4.79 Å². The minimum Gasteiger partial charge on any atom is -0.503 e. The third-order valence-corrected chi connectivity index (χ3v) is 5.62. The van der Waals surface area contributed by atoms with Crippen molar-refractivity contribution in [1.82, 2.24) is 5.32 Å². The Hall–Kier alpha value is -2.54. The molecule has 0 aromatic heterocycles. The molecule has 2 N–H and O–H groups in total. The van der Waals surface area contributed by atoms with Crippen LogP contribution >= 0.6 is 15.9 Å². The van der Waals surface area contributed by atoms with E-state index in [2.05, 4.69) is 27.8 Å². The number of carbonyl (C=O) groups is 2. The van der Waals surface area contributed by atoms with Crippen molar-refractivity contribution < 1.29 is 24.2 Å². The lowest BCUT2D eigenvalue weighted by atomic mass is 9.75. The molecule has 0 fully saturated rings. The topological polar surface area (TPSA) is 84.9 Å². The smallest absolute Gasteiger partial charge is 0.337 e. The van der Waals surface area contributed by atoms with Crippen LogP contribution in [-0.2, 0) is 14.3 Å². The molecule has 0 bridgehead atoms. The number of dihydropyridines is 1. The van der Waals surface area contributed by atoms with Gasteiger partial charge in [-0.1, -0.05) is 12.7 Å². The van der Waals surface area contributed by atoms with Gasteiger partial charge in [0.15, 0.2) is 17.3 Å². The molecule has 0 radical (unpaired) electrons. The van der Waals surface area contributed by atoms with Crippen molar-refractivity contribution in [3.63, 3.8) is 0 Å². The summed E-state index contributed by atoms with van der Waals surface area (Å²) in [6.07, 6.45) is 3.44. The molecule has 0 unspecified atom stereocenters. The number of carbonyl (C=O) groups excluding carboxylic acids is 2. The lowest BCUT2D eigenvalue weighted by Gasteiger charge is -2.34. The van der Waals surface area contributed by atoms with Crippen LogP contribution in [0.3, 0.4) is 0 Å². The number of nitrogens with one attached hydrogen (secondary N) is 1. The molecule has 1 heterocycles. The minimum atomic E-state index is -0.604. The lowest BCUT2D eigenvalue weighted by Crippen LogP contribution is -2.34. The molecular weight excluding hydrogens is 438 g/mol. The van der Waals surface area contributed by atoms with E-state index in [-0.39, 0.29) is 23.9 Å². The van der Waals surface area contributed by atoms with Gasteiger partial charge in [-0.25, -0.2) is 4.79 Å². The molecule has 1 aromatic rings. The number of esters is 1. The number of benzene rings is 1. The van der Waals surface area contributed by atoms with Crippen molar-refractivity contribution in [3.05, 3.63) is 57.4 Å². The Labute approximate surface area is 178 Å². The normalized spacial score (nSPS) is 18.9. The molecule has 154 valence electrons. The number of phenols is 1. The number of Topliss-reactive ketones (excluding diaryl/α,β-unsaturated/α-hetero) is 1. The highest BCUT2D eigenvalue weighted by molar-refractivity contribution is 9.10. The van der Waals surface area contributed by atoms with Crippen molar-refractivity contribution in [2.75, 3.05) is 13.2 Å². The van der Waals surface area contributed by atoms with Crippen LogP contribution in [0, 0.1) is 0 Å². The van der Waals surface area contributed by atoms with Gasteiger partial charge in [0.1, 0.15) is 6.61 Å². The second-order valence-electron chi connectivity index (χ2n) is 6.94. The van der Waals surface area contributed by atoms with Crippen molar-refractivity contribution in [3.8, 4) is 11.5 Å². The summed E-state index contributed by atoms with van der Waals surface area (Å²) >= 11 is 3.36. The molecular formula is C22H24BrNO5. The highest BCUT2D eigenvalue weighted by Crippen LogP contribution is 2.46. The second kappa shape index (κ2) is 8.86. The van der Waals surface area contributed by atoms with E-state index in [0.29, 0.717) is 39.9 Å². The van der Waals surface area contributed by atoms with Crippen LogP contribution in [0.4, 0.5) is 0 Å². The van der Waals surface area contributed by atoms with Gasteiger partial charge in [0.05, 0.1) is 16.7 Å². The first kappa shape index (κ1) is 21.2. The number of halogens is 1. The number of rotatable bonds is 6. The standard InChI is InChI=1S/C22H24BrNO5/c1-4-9-29-22(27)18-12(3)24-15-7-6-8-16(25)20(15)19(18)13-10-14(23)21(26)17(11-13)28-5-2/h4,10-11,19,24,26H,1,5-9H2,2-3H3/t19-/m1/s1. The van der Waals surface area contributed by atoms with E-state index >= 15 is 0 Å². The van der Waals surface area contributed by atoms with Crippen molar-refractivity contribution in [2.45, 2.75) is 39.0 Å². The van der Waals surface area contributed by atoms with Crippen LogP contribution in [0.15, 0.2) is 51.8 Å². The molecule has 6 nitrogen and oxygen atoms in total. The van der Waals surface area contributed by atoms with Gasteiger partial charge >= 0.3 is 5.97 Å². The van der Waals surface area contributed by atoms with Gasteiger partial charge in [-0.2, -0.15) is 0 Å². The minimum absolute atomic E-state index is 0.00688. The maximum absolute atomic E-state index is 12.9. The summed E-state index contributed by atoms with van der Waals surface area (Å²) in [6, 6.07) is 3.40. The summed E-state index contributed by atoms with van der Waals surface area (Å²) < 4.78 is 11.3. The fourth-order valence-corrected chi connectivity index (χ4v) is 4.29. The monoisotopic (exact) mass is 461 g/mol. The first-order valence-electron chi connectivity index (χ1n) is 9.56. The predicted octanol–water partition coefficient (Wildman–Crippen LogP) is 4.25. The Kier molecular flexibility index (Phi) is 6.47. The molecule has 7 heteroatoms. The van der Waals surface area contributed by atoms with Crippen LogP contribution in [-0.4, -0.2) is 30.1 Å². The number of ketones is 1. The SMILES string of the molecule is C=CCOC(=O)C1=C(C)NC2=C(C(=O)CCC2)[C@@H]1c1cc(Br)c(O)c(OCC)c1. The van der Waals surface area contributed by atoms with Crippen molar-refractivity contribution in [1.29, 1.82) is 0 Å². The molecule has 2 aliphatic rings. The van der Waals surface area contributed by atoms with Crippen molar-refractivity contribution >= 4 is 27.7 Å². The molecule has 3 rings (SSSR count). The van der Waals surface area contributed by atoms with Crippen LogP contribution in [0.25, 0.3) is 0 Å². The summed E-state index contributed by atoms with van der Waals surface area (Å²) in [6.45, 7) is 7.65. The van der Waals surface area contributed by atoms with Crippen molar-refractivity contribution in [2.24, 2.45) is 0 Å². The molecule has 29 heavy (non-hydrogen) atoms. The van der Waals surface area contributed by atoms with E-state index in [4.69, 9.17) is 9.47 Å². The van der Waals surface area contributed by atoms with E-state index in [0.717, 1.165) is 18.5 Å². The summed E-state index contributed by atoms with van der Waals surface area (Å²) in [5.41, 5.74) is 3.12. The Morgan fingerprint density at radius 1 is 1.41 bits per heavy atom. The Balaban J connectivity index is 2.19. The van der Waals surface area contributed by atoms with Crippen LogP contribution in [0.5, 0.6) is 11.5 Å². The Morgan fingerprint density at radius 3 is 2.86 bits per heavy atom. The molecule has 0 saturated carbocycles. The zero-order chi connectivity index (χ0) is 21.1. The number of aromatic hydroxyl groups is 1. The van der Waals surface area contributed by atoms with E-state index in [1.807, 2.05) is 6.92 Å². The van der Waals surface area contributed by atoms with E-state index in [9.17, 15) is 14.7 Å². The van der Waals surface area contributed by atoms with E-state index in [1.54, 1.807) is 19.1 Å². The first-order chi connectivity index (χ1) is 13.9. The summed E-state index contributed by atoms with van der Waals surface area (Å²) in [5, 5.41) is 13.5. The number of ether oxygens (including phenoxy) is 2. The van der Waals surface area contributed by atoms with Gasteiger partial charge in [0.25, 0.3) is 0 Å². The number of allylic oxidation sites excluding steroid dienone is 3. The lowest BCUT2D eigenvalue weighted by molar-refractivity contribution is -0.138. The third kappa shape index (κ3) is 4.10. The first-order valence-corrected chi connectivity index (χ1v) is 10.4. The Morgan fingerprint density at radius 2 is 2.17 bits per heavy atom. The summed E-state index contributed by atoms with van der Waals surface area (Å²) in [7, 11) is 0. The van der Waals surface area contributed by atoms with E-state index < -0.39 is 11.9 Å². The van der Waals surface area contributed by atoms with Gasteiger partial charge in [-0.15, -0.1) is 0 Å². The average Bonchev–Trinajstić information content (AvgIpc) is 2.68. The molecule has 0 saturated heterocycles. The third-order valence-electron chi connectivity index (χ3n) is 5.01. The Bertz CT molecular complexity index is 931. The zero-order valence-electron chi connectivity index (χ0n) is 16.5. The molecule has 1 aromatic carbocycles. The fraction of sp³-hybridized carbons (Fsp3) is 0.364. The average molecular weight is 462 g/mol. The largest absolute Gasteiger partial charge is 0.503 e. The molecule has 1 atom stereocenters. The molecule has 0 amide bonds. The zero-order valence-corrected chi connectivity index (χ0v) is 18.1. The quantitative estimate of drug-likeness (QED) is 0.486. The van der Waals surface area contributed by atoms with Gasteiger partial charge < -0.3 is 19.9 Å². The second-order valence-corrected chi connectivity index (χ2v) is 7.79. The summed E-state index contributed by atoms with van der Waals surface area (Å²) in [5.74, 6) is -0.839. The highest BCUT2D eigenvalue weighted by Gasteiger charge is 2.39. The summed E-state index contributed by atoms with van der Waals surface area (Å²) in [4.78, 5) is 25.8. The maximum Gasteiger partial charge on any atom is 0.337 e. The van der Waals surface area contributed by atoms with Crippen LogP contribution in [0.1, 0.15) is 44.6 Å². The van der Waals surface area contributed by atoms with Crippen LogP contribution < -0.4 is 10.1 Å². The van der Waals surface area contributed by atoms with Gasteiger partial charge in [0.2, 0.25) is 0 Å². The number of hydrogen-bond acceptors (Lipinski definition) is 6. The predicted molar refractivity (Wildman–Crippen MR) is 113 cm³/mol. The van der Waals surface area contributed by atoms with E-state index in [1.165, 1.54) is 6.08 Å². The maximum atomic E-state index is 12.9. The fourth-order valence-electron chi connectivity index (χ4n) is 3.83. The number of phenolic OH excluding ortho intramolecular Hbond substituents is 1. The molecule has 1 aliphatic heterocycles. The number of hydrogen-bond donors (Lipinski definition) is 2. The van der Waals surface area contributed by atoms with Gasteiger partial charge in [0, 0.05) is 29.3 Å². The highest BCUT2D eigenvalue weighted by atomic mass is 79.9. The van der Waals surface area contributed by atoms with Gasteiger partial charge in [-0.05, 0) is 60.3 Å². The van der Waals surface area contributed by atoms with Crippen LogP contribution in [0.2, 0.25) is 0 Å².